The summed E-state index contributed by atoms with van der Waals surface area (Å²) >= 11 is 0. The number of likely N-dealkylation sites (N-methyl/N-ethyl adjacent to an activating group) is 1. The Morgan fingerprint density at radius 1 is 1.26 bits per heavy atom. The fraction of sp³-hybridized carbons (Fsp3) is 0.778. The van der Waals surface area contributed by atoms with Crippen LogP contribution in [-0.2, 0) is 10.3 Å². The maximum atomic E-state index is 13.0. The number of hydrogen-bond donors (Lipinski definition) is 0. The average molecular weight is 318 g/mol. The van der Waals surface area contributed by atoms with Gasteiger partial charge in [0.2, 0.25) is 5.91 Å². The molecule has 1 aliphatic carbocycles. The highest BCUT2D eigenvalue weighted by molar-refractivity contribution is 5.84. The van der Waals surface area contributed by atoms with Crippen molar-refractivity contribution in [2.45, 2.75) is 50.5 Å². The maximum Gasteiger partial charge on any atom is 0.249 e. The topological polar surface area (TPSA) is 41.4 Å². The van der Waals surface area contributed by atoms with Crippen LogP contribution < -0.4 is 0 Å². The highest BCUT2D eigenvalue weighted by atomic mass is 16.2. The molecule has 1 aromatic rings. The van der Waals surface area contributed by atoms with Crippen molar-refractivity contribution in [2.24, 2.45) is 5.92 Å². The Hall–Kier alpha value is -1.36. The van der Waals surface area contributed by atoms with E-state index >= 15 is 0 Å². The molecular weight excluding hydrogens is 288 g/mol. The minimum atomic E-state index is -0.479. The van der Waals surface area contributed by atoms with Crippen LogP contribution in [-0.4, -0.2) is 59.0 Å². The predicted molar refractivity (Wildman–Crippen MR) is 91.1 cm³/mol. The van der Waals surface area contributed by atoms with Gasteiger partial charge in [-0.2, -0.15) is 0 Å². The van der Waals surface area contributed by atoms with Gasteiger partial charge < -0.3 is 14.4 Å². The molecule has 0 aromatic carbocycles. The highest BCUT2D eigenvalue weighted by Gasteiger charge is 2.44. The molecule has 2 fully saturated rings. The van der Waals surface area contributed by atoms with Crippen LogP contribution in [0.25, 0.3) is 0 Å². The molecule has 1 saturated carbocycles. The normalized spacial score (nSPS) is 27.0. The lowest BCUT2D eigenvalue weighted by molar-refractivity contribution is -0.141. The zero-order valence-electron chi connectivity index (χ0n) is 14.6. The van der Waals surface area contributed by atoms with Crippen LogP contribution in [0.1, 0.15) is 44.9 Å². The highest BCUT2D eigenvalue weighted by Crippen LogP contribution is 2.32. The van der Waals surface area contributed by atoms with E-state index in [2.05, 4.69) is 9.88 Å². The third-order valence-corrected chi connectivity index (χ3v) is 5.59. The second-order valence-electron chi connectivity index (χ2n) is 7.54. The second kappa shape index (κ2) is 7.04. The van der Waals surface area contributed by atoms with Gasteiger partial charge in [0.05, 0.1) is 6.33 Å². The Kier molecular flexibility index (Phi) is 5.05. The van der Waals surface area contributed by atoms with Gasteiger partial charge in [-0.3, -0.25) is 4.79 Å². The molecule has 1 amide bonds. The smallest absolute Gasteiger partial charge is 0.249 e. The second-order valence-corrected chi connectivity index (χ2v) is 7.54. The number of likely N-dealkylation sites (tertiary alicyclic amines) is 1. The molecule has 0 spiro atoms. The van der Waals surface area contributed by atoms with Crippen LogP contribution in [0.5, 0.6) is 0 Å². The van der Waals surface area contributed by atoms with Crippen LogP contribution in [0.2, 0.25) is 0 Å². The van der Waals surface area contributed by atoms with Crippen LogP contribution >= 0.6 is 0 Å². The van der Waals surface area contributed by atoms with Gasteiger partial charge in [-0.25, -0.2) is 4.98 Å². The van der Waals surface area contributed by atoms with E-state index in [0.29, 0.717) is 0 Å². The van der Waals surface area contributed by atoms with E-state index in [9.17, 15) is 4.79 Å². The minimum Gasteiger partial charge on any atom is -0.347 e. The first kappa shape index (κ1) is 16.5. The first-order valence-electron chi connectivity index (χ1n) is 9.04. The lowest BCUT2D eigenvalue weighted by atomic mass is 9.84. The first-order valence-corrected chi connectivity index (χ1v) is 9.04. The fourth-order valence-electron chi connectivity index (χ4n) is 4.44. The quantitative estimate of drug-likeness (QED) is 0.856. The molecule has 0 radical (unpaired) electrons. The van der Waals surface area contributed by atoms with Crippen molar-refractivity contribution in [2.75, 3.05) is 33.7 Å². The number of amides is 1. The minimum absolute atomic E-state index is 0.198. The van der Waals surface area contributed by atoms with Crippen LogP contribution in [0.4, 0.5) is 0 Å². The van der Waals surface area contributed by atoms with Gasteiger partial charge in [0, 0.05) is 39.6 Å². The number of carbonyl (C=O) groups excluding carboxylic acids is 1. The molecule has 0 bridgehead atoms. The molecule has 1 saturated heterocycles. The largest absolute Gasteiger partial charge is 0.347 e. The van der Waals surface area contributed by atoms with Gasteiger partial charge >= 0.3 is 0 Å². The summed E-state index contributed by atoms with van der Waals surface area (Å²) in [4.78, 5) is 21.5. The van der Waals surface area contributed by atoms with Gasteiger partial charge in [-0.15, -0.1) is 0 Å². The van der Waals surface area contributed by atoms with Crippen molar-refractivity contribution in [1.82, 2.24) is 19.4 Å². The average Bonchev–Trinajstić information content (AvgIpc) is 3.10. The van der Waals surface area contributed by atoms with Crippen LogP contribution in [0, 0.1) is 5.92 Å². The third kappa shape index (κ3) is 3.44. The zero-order valence-corrected chi connectivity index (χ0v) is 14.6. The van der Waals surface area contributed by atoms with E-state index in [1.165, 1.54) is 32.1 Å². The van der Waals surface area contributed by atoms with Gasteiger partial charge in [0.25, 0.3) is 0 Å². The molecule has 5 nitrogen and oxygen atoms in total. The summed E-state index contributed by atoms with van der Waals surface area (Å²) < 4.78 is 2.04. The van der Waals surface area contributed by atoms with E-state index in [4.69, 9.17) is 0 Å². The molecular formula is C18H30N4O. The number of rotatable bonds is 4. The third-order valence-electron chi connectivity index (χ3n) is 5.59. The van der Waals surface area contributed by atoms with Crippen LogP contribution in [0.3, 0.4) is 0 Å². The summed E-state index contributed by atoms with van der Waals surface area (Å²) in [5.74, 6) is 1.01. The Labute approximate surface area is 139 Å². The Morgan fingerprint density at radius 3 is 2.70 bits per heavy atom. The van der Waals surface area contributed by atoms with Crippen LogP contribution in [0.15, 0.2) is 18.7 Å². The summed E-state index contributed by atoms with van der Waals surface area (Å²) in [5, 5.41) is 0. The number of nitrogens with zero attached hydrogens (tertiary/aromatic N) is 4. The van der Waals surface area contributed by atoms with Gasteiger partial charge in [-0.1, -0.05) is 19.3 Å². The fourth-order valence-corrected chi connectivity index (χ4v) is 4.44. The molecule has 1 aliphatic heterocycles. The standard InChI is InChI=1S/C18H30N4O/c1-20(2)17(23)18(22-12-10-19-15-22)9-6-11-21(14-18)13-16-7-4-3-5-8-16/h10,12,15-16H,3-9,11,13-14H2,1-2H3. The van der Waals surface area contributed by atoms with Crippen molar-refractivity contribution in [3.05, 3.63) is 18.7 Å². The molecule has 0 N–H and O–H groups in total. The van der Waals surface area contributed by atoms with E-state index in [0.717, 1.165) is 38.4 Å². The lowest BCUT2D eigenvalue weighted by Crippen LogP contribution is -2.58. The zero-order chi connectivity index (χ0) is 16.3. The van der Waals surface area contributed by atoms with Crippen molar-refractivity contribution in [3.8, 4) is 0 Å². The molecule has 23 heavy (non-hydrogen) atoms. The monoisotopic (exact) mass is 318 g/mol. The molecule has 2 heterocycles. The van der Waals surface area contributed by atoms with Gasteiger partial charge in [0.1, 0.15) is 5.54 Å². The first-order chi connectivity index (χ1) is 11.1. The molecule has 1 unspecified atom stereocenters. The van der Waals surface area contributed by atoms with Crippen molar-refractivity contribution in [3.63, 3.8) is 0 Å². The van der Waals surface area contributed by atoms with Gasteiger partial charge in [-0.05, 0) is 38.1 Å². The Balaban J connectivity index is 1.77. The summed E-state index contributed by atoms with van der Waals surface area (Å²) in [6.45, 7) is 3.09. The summed E-state index contributed by atoms with van der Waals surface area (Å²) in [6, 6.07) is 0. The van der Waals surface area contributed by atoms with E-state index in [-0.39, 0.29) is 5.91 Å². The Morgan fingerprint density at radius 2 is 2.04 bits per heavy atom. The Bertz CT molecular complexity index is 507. The van der Waals surface area contributed by atoms with E-state index in [1.54, 1.807) is 11.1 Å². The van der Waals surface area contributed by atoms with E-state index in [1.807, 2.05) is 31.2 Å². The number of hydrogen-bond acceptors (Lipinski definition) is 3. The van der Waals surface area contributed by atoms with E-state index < -0.39 is 5.54 Å². The number of carbonyl (C=O) groups is 1. The predicted octanol–water partition coefficient (Wildman–Crippen LogP) is 2.34. The maximum absolute atomic E-state index is 13.0. The molecule has 5 heteroatoms. The molecule has 2 aliphatic rings. The van der Waals surface area contributed by atoms with Gasteiger partial charge in [0.15, 0.2) is 0 Å². The summed E-state index contributed by atoms with van der Waals surface area (Å²) in [7, 11) is 3.72. The number of piperidine rings is 1. The molecule has 1 aromatic heterocycles. The molecule has 3 rings (SSSR count). The van der Waals surface area contributed by atoms with Crippen molar-refractivity contribution < 1.29 is 4.79 Å². The van der Waals surface area contributed by atoms with Crippen molar-refractivity contribution in [1.29, 1.82) is 0 Å². The molecule has 128 valence electrons. The summed E-state index contributed by atoms with van der Waals surface area (Å²) in [6.07, 6.45) is 14.4. The molecule has 1 atom stereocenters. The lowest BCUT2D eigenvalue weighted by Gasteiger charge is -2.44. The SMILES string of the molecule is CN(C)C(=O)C1(n2ccnc2)CCCN(CC2CCCCC2)C1. The number of imidazole rings is 1. The summed E-state index contributed by atoms with van der Waals surface area (Å²) in [5.41, 5.74) is -0.479. The van der Waals surface area contributed by atoms with Crippen molar-refractivity contribution >= 4 is 5.91 Å². The number of aromatic nitrogens is 2.